The molecule has 0 bridgehead atoms. The Kier molecular flexibility index (Phi) is 11.5. The number of nitrogens with one attached hydrogen (secondary N) is 2. The number of methoxy groups -OCH3 is 1. The third-order valence-corrected chi connectivity index (χ3v) is 3.01. The number of amides is 1. The van der Waals surface area contributed by atoms with Gasteiger partial charge in [-0.05, 0) is 37.1 Å². The molecule has 1 aromatic carbocycles. The molecule has 1 amide bonds. The molecule has 0 aliphatic rings. The minimum atomic E-state index is -0.0612. The van der Waals surface area contributed by atoms with Crippen LogP contribution >= 0.6 is 12.4 Å². The number of ether oxygens (including phenoxy) is 2. The molecule has 0 heterocycles. The van der Waals surface area contributed by atoms with Gasteiger partial charge in [0.1, 0.15) is 5.75 Å². The Morgan fingerprint density at radius 1 is 1.27 bits per heavy atom. The van der Waals surface area contributed by atoms with Crippen LogP contribution < -0.4 is 15.4 Å². The predicted molar refractivity (Wildman–Crippen MR) is 92.2 cm³/mol. The highest BCUT2D eigenvalue weighted by molar-refractivity contribution is 5.93. The molecule has 2 N–H and O–H groups in total. The molecule has 0 fully saturated rings. The molecule has 0 spiro atoms. The van der Waals surface area contributed by atoms with E-state index in [-0.39, 0.29) is 24.9 Å². The van der Waals surface area contributed by atoms with Crippen LogP contribution in [0.3, 0.4) is 0 Å². The van der Waals surface area contributed by atoms with E-state index in [4.69, 9.17) is 9.47 Å². The van der Waals surface area contributed by atoms with Crippen molar-refractivity contribution in [1.29, 1.82) is 0 Å². The molecule has 5 nitrogen and oxygen atoms in total. The van der Waals surface area contributed by atoms with Gasteiger partial charge in [-0.1, -0.05) is 13.3 Å². The van der Waals surface area contributed by atoms with Gasteiger partial charge < -0.3 is 20.1 Å². The maximum absolute atomic E-state index is 11.8. The van der Waals surface area contributed by atoms with Gasteiger partial charge in [0.15, 0.2) is 0 Å². The van der Waals surface area contributed by atoms with E-state index in [1.54, 1.807) is 7.11 Å². The second kappa shape index (κ2) is 12.3. The van der Waals surface area contributed by atoms with Crippen molar-refractivity contribution < 1.29 is 14.3 Å². The van der Waals surface area contributed by atoms with Crippen LogP contribution in [-0.4, -0.2) is 39.3 Å². The standard InChI is InChI=1S/C16H26N2O3.ClH/c1-4-5-9-21-14-6-7-15(13(2)11-14)18-16(19)12-17-8-10-20-3;/h6-7,11,17H,4-5,8-10,12H2,1-3H3,(H,18,19);1H. The number of benzene rings is 1. The summed E-state index contributed by atoms with van der Waals surface area (Å²) in [6.07, 6.45) is 2.16. The minimum Gasteiger partial charge on any atom is -0.494 e. The lowest BCUT2D eigenvalue weighted by Gasteiger charge is -2.11. The van der Waals surface area contributed by atoms with E-state index in [9.17, 15) is 4.79 Å². The molecule has 1 aromatic rings. The third-order valence-electron chi connectivity index (χ3n) is 3.01. The second-order valence-corrected chi connectivity index (χ2v) is 4.90. The van der Waals surface area contributed by atoms with Crippen molar-refractivity contribution in [2.75, 3.05) is 38.7 Å². The van der Waals surface area contributed by atoms with Crippen LogP contribution in [0.5, 0.6) is 5.75 Å². The van der Waals surface area contributed by atoms with Crippen molar-refractivity contribution in [3.63, 3.8) is 0 Å². The molecule has 0 aromatic heterocycles. The van der Waals surface area contributed by atoms with Crippen molar-refractivity contribution in [2.45, 2.75) is 26.7 Å². The van der Waals surface area contributed by atoms with Crippen molar-refractivity contribution in [1.82, 2.24) is 5.32 Å². The van der Waals surface area contributed by atoms with Crippen molar-refractivity contribution in [2.24, 2.45) is 0 Å². The number of anilines is 1. The Balaban J connectivity index is 0.00000441. The summed E-state index contributed by atoms with van der Waals surface area (Å²) in [7, 11) is 1.63. The highest BCUT2D eigenvalue weighted by Gasteiger charge is 2.05. The van der Waals surface area contributed by atoms with E-state index in [0.29, 0.717) is 13.2 Å². The Hall–Kier alpha value is -1.30. The van der Waals surface area contributed by atoms with Gasteiger partial charge in [0.05, 0.1) is 19.8 Å². The molecular formula is C16H27ClN2O3. The van der Waals surface area contributed by atoms with E-state index in [0.717, 1.165) is 36.4 Å². The zero-order valence-electron chi connectivity index (χ0n) is 13.6. The lowest BCUT2D eigenvalue weighted by Crippen LogP contribution is -2.30. The second-order valence-electron chi connectivity index (χ2n) is 4.90. The summed E-state index contributed by atoms with van der Waals surface area (Å²) in [6, 6.07) is 5.71. The summed E-state index contributed by atoms with van der Waals surface area (Å²) in [5.74, 6) is 0.783. The van der Waals surface area contributed by atoms with Gasteiger partial charge in [0, 0.05) is 19.3 Å². The first-order chi connectivity index (χ1) is 10.2. The first-order valence-electron chi connectivity index (χ1n) is 7.40. The molecule has 0 atom stereocenters. The first kappa shape index (κ1) is 20.7. The van der Waals surface area contributed by atoms with Gasteiger partial charge >= 0.3 is 0 Å². The molecule has 0 aliphatic carbocycles. The van der Waals surface area contributed by atoms with Gasteiger partial charge in [-0.3, -0.25) is 4.79 Å². The van der Waals surface area contributed by atoms with Crippen molar-refractivity contribution in [3.05, 3.63) is 23.8 Å². The monoisotopic (exact) mass is 330 g/mol. The number of hydrogen-bond donors (Lipinski definition) is 2. The fourth-order valence-corrected chi connectivity index (χ4v) is 1.77. The number of halogens is 1. The fourth-order valence-electron chi connectivity index (χ4n) is 1.77. The summed E-state index contributed by atoms with van der Waals surface area (Å²) in [5.41, 5.74) is 1.81. The smallest absolute Gasteiger partial charge is 0.238 e. The third kappa shape index (κ3) is 8.22. The summed E-state index contributed by atoms with van der Waals surface area (Å²) in [5, 5.41) is 5.89. The van der Waals surface area contributed by atoms with Gasteiger partial charge in [-0.2, -0.15) is 0 Å². The zero-order chi connectivity index (χ0) is 15.5. The van der Waals surface area contributed by atoms with E-state index in [1.807, 2.05) is 25.1 Å². The molecular weight excluding hydrogens is 304 g/mol. The highest BCUT2D eigenvalue weighted by atomic mass is 35.5. The van der Waals surface area contributed by atoms with Gasteiger partial charge in [-0.15, -0.1) is 12.4 Å². The Bertz CT molecular complexity index is 441. The summed E-state index contributed by atoms with van der Waals surface area (Å²) >= 11 is 0. The van der Waals surface area contributed by atoms with Crippen LogP contribution in [0.15, 0.2) is 18.2 Å². The zero-order valence-corrected chi connectivity index (χ0v) is 14.4. The number of carbonyl (C=O) groups excluding carboxylic acids is 1. The van der Waals surface area contributed by atoms with E-state index < -0.39 is 0 Å². The Labute approximate surface area is 139 Å². The van der Waals surface area contributed by atoms with Gasteiger partial charge in [0.25, 0.3) is 0 Å². The van der Waals surface area contributed by atoms with E-state index >= 15 is 0 Å². The number of hydrogen-bond acceptors (Lipinski definition) is 4. The SMILES string of the molecule is CCCCOc1ccc(NC(=O)CNCCOC)c(C)c1.Cl. The number of unbranched alkanes of at least 4 members (excludes halogenated alkanes) is 1. The summed E-state index contributed by atoms with van der Waals surface area (Å²) < 4.78 is 10.5. The average Bonchev–Trinajstić information content (AvgIpc) is 2.47. The highest BCUT2D eigenvalue weighted by Crippen LogP contribution is 2.21. The normalized spacial score (nSPS) is 9.95. The lowest BCUT2D eigenvalue weighted by atomic mass is 10.2. The van der Waals surface area contributed by atoms with Crippen LogP contribution in [0.25, 0.3) is 0 Å². The van der Waals surface area contributed by atoms with Crippen LogP contribution in [0.2, 0.25) is 0 Å². The van der Waals surface area contributed by atoms with E-state index in [1.165, 1.54) is 0 Å². The van der Waals surface area contributed by atoms with Crippen LogP contribution in [0, 0.1) is 6.92 Å². The lowest BCUT2D eigenvalue weighted by molar-refractivity contribution is -0.115. The molecule has 6 heteroatoms. The fraction of sp³-hybridized carbons (Fsp3) is 0.562. The number of rotatable bonds is 10. The molecule has 0 saturated heterocycles. The predicted octanol–water partition coefficient (Wildman–Crippen LogP) is 2.77. The first-order valence-corrected chi connectivity index (χ1v) is 7.40. The minimum absolute atomic E-state index is 0. The Morgan fingerprint density at radius 2 is 2.05 bits per heavy atom. The largest absolute Gasteiger partial charge is 0.494 e. The molecule has 0 aliphatic heterocycles. The number of carbonyl (C=O) groups is 1. The Morgan fingerprint density at radius 3 is 2.68 bits per heavy atom. The van der Waals surface area contributed by atoms with Crippen molar-refractivity contribution >= 4 is 24.0 Å². The van der Waals surface area contributed by atoms with Gasteiger partial charge in [0.2, 0.25) is 5.91 Å². The maximum Gasteiger partial charge on any atom is 0.238 e. The van der Waals surface area contributed by atoms with Gasteiger partial charge in [-0.25, -0.2) is 0 Å². The molecule has 126 valence electrons. The molecule has 0 radical (unpaired) electrons. The summed E-state index contributed by atoms with van der Waals surface area (Å²) in [6.45, 7) is 6.35. The molecule has 1 rings (SSSR count). The van der Waals surface area contributed by atoms with Crippen LogP contribution in [-0.2, 0) is 9.53 Å². The molecule has 0 saturated carbocycles. The van der Waals surface area contributed by atoms with Crippen molar-refractivity contribution in [3.8, 4) is 5.75 Å². The summed E-state index contributed by atoms with van der Waals surface area (Å²) in [4.78, 5) is 11.8. The molecule has 0 unspecified atom stereocenters. The average molecular weight is 331 g/mol. The van der Waals surface area contributed by atoms with E-state index in [2.05, 4.69) is 17.6 Å². The quantitative estimate of drug-likeness (QED) is 0.648. The van der Waals surface area contributed by atoms with Crippen LogP contribution in [0.4, 0.5) is 5.69 Å². The number of aryl methyl sites for hydroxylation is 1. The molecule has 22 heavy (non-hydrogen) atoms. The van der Waals surface area contributed by atoms with Crippen LogP contribution in [0.1, 0.15) is 25.3 Å². The topological polar surface area (TPSA) is 59.6 Å². The maximum atomic E-state index is 11.8.